The maximum absolute atomic E-state index is 12.4. The molecule has 2 N–H and O–H groups in total. The summed E-state index contributed by atoms with van der Waals surface area (Å²) in [7, 11) is 1.72. The first-order chi connectivity index (χ1) is 8.99. The van der Waals surface area contributed by atoms with Crippen LogP contribution in [0.2, 0.25) is 5.02 Å². The van der Waals surface area contributed by atoms with E-state index in [1.165, 1.54) is 0 Å². The summed E-state index contributed by atoms with van der Waals surface area (Å²) in [6.45, 7) is 2.00. The minimum Gasteiger partial charge on any atom is -0.399 e. The lowest BCUT2D eigenvalue weighted by molar-refractivity contribution is 0.0993. The van der Waals surface area contributed by atoms with Gasteiger partial charge < -0.3 is 10.6 Å². The van der Waals surface area contributed by atoms with Crippen LogP contribution in [0.1, 0.15) is 15.9 Å². The fourth-order valence-electron chi connectivity index (χ4n) is 1.77. The molecule has 0 atom stereocenters. The van der Waals surface area contributed by atoms with Crippen molar-refractivity contribution in [2.24, 2.45) is 0 Å². The summed E-state index contributed by atoms with van der Waals surface area (Å²) in [6.07, 6.45) is 0. The Labute approximate surface area is 117 Å². The lowest BCUT2D eigenvalue weighted by Gasteiger charge is -2.18. The molecule has 0 unspecified atom stereocenters. The zero-order valence-electron chi connectivity index (χ0n) is 10.9. The normalized spacial score (nSPS) is 10.3. The van der Waals surface area contributed by atoms with Crippen molar-refractivity contribution < 1.29 is 4.79 Å². The molecule has 3 nitrogen and oxygen atoms in total. The minimum absolute atomic E-state index is 0.158. The van der Waals surface area contributed by atoms with Crippen LogP contribution < -0.4 is 10.6 Å². The van der Waals surface area contributed by atoms with Gasteiger partial charge in [0.15, 0.2) is 0 Å². The van der Waals surface area contributed by atoms with E-state index >= 15 is 0 Å². The van der Waals surface area contributed by atoms with Crippen LogP contribution in [0, 0.1) is 6.92 Å². The zero-order chi connectivity index (χ0) is 14.0. The number of nitrogen functional groups attached to an aromatic ring is 1. The highest BCUT2D eigenvalue weighted by Gasteiger charge is 2.16. The van der Waals surface area contributed by atoms with Gasteiger partial charge in [-0.3, -0.25) is 4.79 Å². The average molecular weight is 275 g/mol. The highest BCUT2D eigenvalue weighted by atomic mass is 35.5. The Bertz CT molecular complexity index is 608. The first-order valence-electron chi connectivity index (χ1n) is 5.89. The molecule has 0 aliphatic heterocycles. The van der Waals surface area contributed by atoms with E-state index in [9.17, 15) is 4.79 Å². The lowest BCUT2D eigenvalue weighted by Crippen LogP contribution is -2.26. The molecule has 0 saturated carbocycles. The summed E-state index contributed by atoms with van der Waals surface area (Å²) < 4.78 is 0. The lowest BCUT2D eigenvalue weighted by atomic mass is 10.1. The zero-order valence-corrected chi connectivity index (χ0v) is 11.6. The number of hydrogen-bond acceptors (Lipinski definition) is 2. The summed E-state index contributed by atoms with van der Waals surface area (Å²) in [5.74, 6) is -0.158. The Morgan fingerprint density at radius 1 is 1.16 bits per heavy atom. The molecular weight excluding hydrogens is 260 g/mol. The smallest absolute Gasteiger partial charge is 0.259 e. The van der Waals surface area contributed by atoms with Gasteiger partial charge in [0.2, 0.25) is 0 Å². The molecule has 0 heterocycles. The van der Waals surface area contributed by atoms with Crippen molar-refractivity contribution in [1.82, 2.24) is 0 Å². The second kappa shape index (κ2) is 5.33. The number of benzene rings is 2. The molecule has 2 aromatic rings. The van der Waals surface area contributed by atoms with E-state index in [4.69, 9.17) is 17.3 Å². The average Bonchev–Trinajstić information content (AvgIpc) is 2.38. The summed E-state index contributed by atoms with van der Waals surface area (Å²) in [5.41, 5.74) is 8.58. The number of nitrogens with two attached hydrogens (primary N) is 1. The third kappa shape index (κ3) is 2.88. The van der Waals surface area contributed by atoms with Crippen molar-refractivity contribution in [3.8, 4) is 0 Å². The Morgan fingerprint density at radius 2 is 1.79 bits per heavy atom. The molecule has 0 spiro atoms. The number of amides is 1. The van der Waals surface area contributed by atoms with Gasteiger partial charge in [-0.05, 0) is 37.3 Å². The van der Waals surface area contributed by atoms with E-state index in [-0.39, 0.29) is 5.91 Å². The number of halogens is 1. The van der Waals surface area contributed by atoms with E-state index in [1.807, 2.05) is 31.2 Å². The van der Waals surface area contributed by atoms with Gasteiger partial charge in [-0.2, -0.15) is 0 Å². The number of hydrogen-bond donors (Lipinski definition) is 1. The first-order valence-corrected chi connectivity index (χ1v) is 6.26. The van der Waals surface area contributed by atoms with Crippen molar-refractivity contribution >= 4 is 28.9 Å². The molecule has 1 amide bonds. The van der Waals surface area contributed by atoms with Crippen LogP contribution in [0.5, 0.6) is 0 Å². The van der Waals surface area contributed by atoms with Gasteiger partial charge in [0.25, 0.3) is 5.91 Å². The minimum atomic E-state index is -0.158. The molecule has 19 heavy (non-hydrogen) atoms. The summed E-state index contributed by atoms with van der Waals surface area (Å²) >= 11 is 6.05. The third-order valence-electron chi connectivity index (χ3n) is 2.95. The largest absolute Gasteiger partial charge is 0.399 e. The second-order valence-electron chi connectivity index (χ2n) is 4.44. The van der Waals surface area contributed by atoms with Gasteiger partial charge in [-0.1, -0.05) is 29.3 Å². The van der Waals surface area contributed by atoms with Crippen LogP contribution in [0.25, 0.3) is 0 Å². The Hall–Kier alpha value is -2.00. The second-order valence-corrected chi connectivity index (χ2v) is 4.85. The Kier molecular flexibility index (Phi) is 3.76. The molecule has 98 valence electrons. The molecular formula is C15H15ClN2O. The molecule has 0 radical (unpaired) electrons. The highest BCUT2D eigenvalue weighted by Crippen LogP contribution is 2.23. The molecule has 0 fully saturated rings. The van der Waals surface area contributed by atoms with Gasteiger partial charge in [-0.25, -0.2) is 0 Å². The number of aryl methyl sites for hydroxylation is 1. The molecule has 2 rings (SSSR count). The van der Waals surface area contributed by atoms with Crippen molar-refractivity contribution in [2.75, 3.05) is 17.7 Å². The van der Waals surface area contributed by atoms with Crippen LogP contribution in [0.4, 0.5) is 11.4 Å². The Balaban J connectivity index is 2.30. The first kappa shape index (κ1) is 13.4. The summed E-state index contributed by atoms with van der Waals surface area (Å²) in [5, 5.41) is 0.365. The van der Waals surface area contributed by atoms with E-state index in [1.54, 1.807) is 30.1 Å². The maximum atomic E-state index is 12.4. The van der Waals surface area contributed by atoms with Crippen molar-refractivity contribution in [3.05, 3.63) is 58.6 Å². The molecule has 0 aliphatic rings. The van der Waals surface area contributed by atoms with Crippen LogP contribution in [-0.4, -0.2) is 13.0 Å². The number of carbonyl (C=O) groups excluding carboxylic acids is 1. The van der Waals surface area contributed by atoms with Crippen molar-refractivity contribution in [1.29, 1.82) is 0 Å². The number of carbonyl (C=O) groups is 1. The van der Waals surface area contributed by atoms with Gasteiger partial charge >= 0.3 is 0 Å². The van der Waals surface area contributed by atoms with Gasteiger partial charge in [0.05, 0.1) is 10.6 Å². The Morgan fingerprint density at radius 3 is 2.37 bits per heavy atom. The summed E-state index contributed by atoms with van der Waals surface area (Å²) in [4.78, 5) is 13.9. The molecule has 0 aromatic heterocycles. The van der Waals surface area contributed by atoms with Crippen molar-refractivity contribution in [3.63, 3.8) is 0 Å². The van der Waals surface area contributed by atoms with Gasteiger partial charge in [0.1, 0.15) is 0 Å². The molecule has 0 bridgehead atoms. The predicted octanol–water partition coefficient (Wildman–Crippen LogP) is 3.51. The highest BCUT2D eigenvalue weighted by molar-refractivity contribution is 6.34. The standard InChI is InChI=1S/C15H15ClN2O/c1-10-3-6-12(7-4-10)18(2)15(19)13-8-5-11(17)9-14(13)16/h3-9H,17H2,1-2H3. The van der Waals surface area contributed by atoms with E-state index in [0.29, 0.717) is 16.3 Å². The predicted molar refractivity (Wildman–Crippen MR) is 79.8 cm³/mol. The number of anilines is 2. The maximum Gasteiger partial charge on any atom is 0.259 e. The van der Waals surface area contributed by atoms with E-state index in [0.717, 1.165) is 11.3 Å². The van der Waals surface area contributed by atoms with E-state index in [2.05, 4.69) is 0 Å². The van der Waals surface area contributed by atoms with Crippen LogP contribution in [0.15, 0.2) is 42.5 Å². The number of nitrogens with zero attached hydrogens (tertiary/aromatic N) is 1. The van der Waals surface area contributed by atoms with Crippen LogP contribution in [-0.2, 0) is 0 Å². The van der Waals surface area contributed by atoms with Gasteiger partial charge in [-0.15, -0.1) is 0 Å². The van der Waals surface area contributed by atoms with Crippen LogP contribution in [0.3, 0.4) is 0 Å². The van der Waals surface area contributed by atoms with Gasteiger partial charge in [0, 0.05) is 18.4 Å². The fourth-order valence-corrected chi connectivity index (χ4v) is 2.04. The monoisotopic (exact) mass is 274 g/mol. The molecule has 0 saturated heterocycles. The SMILES string of the molecule is Cc1ccc(N(C)C(=O)c2ccc(N)cc2Cl)cc1. The molecule has 0 aliphatic carbocycles. The van der Waals surface area contributed by atoms with Crippen LogP contribution >= 0.6 is 11.6 Å². The molecule has 2 aromatic carbocycles. The quantitative estimate of drug-likeness (QED) is 0.852. The van der Waals surface area contributed by atoms with Crippen molar-refractivity contribution in [2.45, 2.75) is 6.92 Å². The molecule has 4 heteroatoms. The fraction of sp³-hybridized carbons (Fsp3) is 0.133. The summed E-state index contributed by atoms with van der Waals surface area (Å²) in [6, 6.07) is 12.6. The number of rotatable bonds is 2. The van der Waals surface area contributed by atoms with E-state index < -0.39 is 0 Å². The topological polar surface area (TPSA) is 46.3 Å². The third-order valence-corrected chi connectivity index (χ3v) is 3.26.